The number of para-hydroxylation sites is 1. The molecule has 2 bridgehead atoms. The molecule has 1 aromatic carbocycles. The maximum Gasteiger partial charge on any atom is 0.253 e. The van der Waals surface area contributed by atoms with Gasteiger partial charge >= 0.3 is 0 Å². The number of hydrogen-bond donors (Lipinski definition) is 1. The van der Waals surface area contributed by atoms with Crippen LogP contribution < -0.4 is 4.90 Å². The molecule has 3 fully saturated rings. The van der Waals surface area contributed by atoms with Crippen molar-refractivity contribution in [2.24, 2.45) is 11.8 Å². The molecule has 1 aromatic rings. The van der Waals surface area contributed by atoms with Gasteiger partial charge in [0.05, 0.1) is 24.5 Å². The van der Waals surface area contributed by atoms with Crippen LogP contribution in [0, 0.1) is 25.7 Å². The lowest BCUT2D eigenvalue weighted by atomic mass is 9.70. The van der Waals surface area contributed by atoms with Crippen LogP contribution in [0.3, 0.4) is 0 Å². The number of hydrogen-bond acceptors (Lipinski definition) is 5. The number of ether oxygens (including phenoxy) is 1. The largest absolute Gasteiger partial charge is 0.395 e. The fourth-order valence-corrected chi connectivity index (χ4v) is 6.79. The second-order valence-corrected chi connectivity index (χ2v) is 10.4. The molecular weight excluding hydrogens is 470 g/mol. The average Bonchev–Trinajstić information content (AvgIpc) is 3.50. The lowest BCUT2D eigenvalue weighted by molar-refractivity contribution is -0.145. The first kappa shape index (κ1) is 27.1. The number of aliphatic hydroxyl groups excluding tert-OH is 1. The summed E-state index contributed by atoms with van der Waals surface area (Å²) in [4.78, 5) is 47.0. The van der Waals surface area contributed by atoms with Crippen molar-refractivity contribution in [2.75, 3.05) is 37.7 Å². The van der Waals surface area contributed by atoms with E-state index in [4.69, 9.17) is 4.74 Å². The Balaban J connectivity index is 1.78. The molecule has 3 aliphatic rings. The Morgan fingerprint density at radius 1 is 1.19 bits per heavy atom. The number of rotatable bonds is 11. The minimum Gasteiger partial charge on any atom is -0.395 e. The summed E-state index contributed by atoms with van der Waals surface area (Å²) in [5, 5.41) is 9.86. The Hall–Kier alpha value is -2.97. The van der Waals surface area contributed by atoms with Crippen molar-refractivity contribution in [3.63, 3.8) is 0 Å². The standard InChI is InChI=1S/C29H39N3O5/c1-6-14-30(15-7-2)26(34)22-21-12-13-29(37-21)23(22)27(35)32(17-18-33)25(29)28(36)31(16-8-3)24-19(4)10-9-11-20(24)5/h6,8-11,21-23,25,33H,1,3,7,12-18H2,2,4-5H3/t21-,22+,23-,25?,29?/m0/s1. The van der Waals surface area contributed by atoms with Gasteiger partial charge in [-0.25, -0.2) is 0 Å². The minimum absolute atomic E-state index is 0.00242. The molecule has 0 aliphatic carbocycles. The van der Waals surface area contributed by atoms with E-state index in [2.05, 4.69) is 13.2 Å². The minimum atomic E-state index is -1.10. The first-order valence-electron chi connectivity index (χ1n) is 13.2. The van der Waals surface area contributed by atoms with E-state index in [0.29, 0.717) is 25.9 Å². The molecule has 0 aromatic heterocycles. The Kier molecular flexibility index (Phi) is 7.90. The molecule has 0 radical (unpaired) electrons. The Morgan fingerprint density at radius 2 is 1.86 bits per heavy atom. The number of aliphatic hydroxyl groups is 1. The van der Waals surface area contributed by atoms with E-state index >= 15 is 0 Å². The van der Waals surface area contributed by atoms with Crippen LogP contribution in [0.5, 0.6) is 0 Å². The number of anilines is 1. The van der Waals surface area contributed by atoms with Crippen molar-refractivity contribution < 1.29 is 24.2 Å². The third-order valence-corrected chi connectivity index (χ3v) is 8.10. The molecular formula is C29H39N3O5. The summed E-state index contributed by atoms with van der Waals surface area (Å²) in [6.07, 6.45) is 4.85. The van der Waals surface area contributed by atoms with E-state index in [1.165, 1.54) is 4.90 Å². The van der Waals surface area contributed by atoms with E-state index in [9.17, 15) is 19.5 Å². The second-order valence-electron chi connectivity index (χ2n) is 10.4. The highest BCUT2D eigenvalue weighted by atomic mass is 16.5. The summed E-state index contributed by atoms with van der Waals surface area (Å²) >= 11 is 0. The van der Waals surface area contributed by atoms with Gasteiger partial charge in [0.25, 0.3) is 5.91 Å². The Morgan fingerprint density at radius 3 is 2.46 bits per heavy atom. The van der Waals surface area contributed by atoms with Gasteiger partial charge in [0.15, 0.2) is 0 Å². The van der Waals surface area contributed by atoms with Gasteiger partial charge in [-0.3, -0.25) is 14.4 Å². The summed E-state index contributed by atoms with van der Waals surface area (Å²) in [7, 11) is 0. The maximum atomic E-state index is 14.4. The number of carbonyl (C=O) groups is 3. The summed E-state index contributed by atoms with van der Waals surface area (Å²) in [6, 6.07) is 4.91. The number of benzene rings is 1. The zero-order valence-electron chi connectivity index (χ0n) is 22.2. The van der Waals surface area contributed by atoms with Crippen LogP contribution in [-0.2, 0) is 19.1 Å². The van der Waals surface area contributed by atoms with Crippen LogP contribution in [-0.4, -0.2) is 83.2 Å². The number of β-amino-alcohol motifs (C(OH)–C–C–N with tert-alkyl or cyclic N) is 1. The highest BCUT2D eigenvalue weighted by molar-refractivity contribution is 6.05. The molecule has 1 N–H and O–H groups in total. The van der Waals surface area contributed by atoms with Gasteiger partial charge in [0.2, 0.25) is 11.8 Å². The summed E-state index contributed by atoms with van der Waals surface area (Å²) in [5.41, 5.74) is 1.55. The molecule has 8 heteroatoms. The number of likely N-dealkylation sites (tertiary alicyclic amines) is 1. The van der Waals surface area contributed by atoms with Crippen molar-refractivity contribution in [3.8, 4) is 0 Å². The summed E-state index contributed by atoms with van der Waals surface area (Å²) in [6.45, 7) is 14.5. The van der Waals surface area contributed by atoms with Crippen molar-refractivity contribution in [3.05, 3.63) is 54.6 Å². The van der Waals surface area contributed by atoms with Crippen LogP contribution in [0.2, 0.25) is 0 Å². The lowest BCUT2D eigenvalue weighted by Crippen LogP contribution is -2.57. The molecule has 3 amide bonds. The van der Waals surface area contributed by atoms with Gasteiger partial charge < -0.3 is 24.5 Å². The molecule has 3 saturated heterocycles. The van der Waals surface area contributed by atoms with E-state index in [1.807, 2.05) is 39.0 Å². The second kappa shape index (κ2) is 10.8. The van der Waals surface area contributed by atoms with Crippen molar-refractivity contribution in [1.82, 2.24) is 9.80 Å². The number of carbonyl (C=O) groups excluding carboxylic acids is 3. The van der Waals surface area contributed by atoms with Gasteiger partial charge in [-0.15, -0.1) is 13.2 Å². The van der Waals surface area contributed by atoms with Crippen LogP contribution in [0.15, 0.2) is 43.5 Å². The summed E-state index contributed by atoms with van der Waals surface area (Å²) < 4.78 is 6.54. The molecule has 200 valence electrons. The SMILES string of the molecule is C=CCN(CCC)C(=O)[C@@H]1[C@@H]2CCC3(O2)C(C(=O)N(CC=C)c2c(C)cccc2C)N(CCO)C(=O)[C@H]13. The normalized spacial score (nSPS) is 27.8. The van der Waals surface area contributed by atoms with Crippen molar-refractivity contribution in [2.45, 2.75) is 57.8 Å². The van der Waals surface area contributed by atoms with E-state index < -0.39 is 29.6 Å². The van der Waals surface area contributed by atoms with E-state index in [0.717, 1.165) is 23.2 Å². The van der Waals surface area contributed by atoms with Crippen LogP contribution >= 0.6 is 0 Å². The third kappa shape index (κ3) is 4.30. The predicted molar refractivity (Wildman–Crippen MR) is 142 cm³/mol. The van der Waals surface area contributed by atoms with Crippen molar-refractivity contribution in [1.29, 1.82) is 0 Å². The van der Waals surface area contributed by atoms with E-state index in [1.54, 1.807) is 22.0 Å². The zero-order valence-corrected chi connectivity index (χ0v) is 22.2. The molecule has 3 aliphatic heterocycles. The lowest BCUT2D eigenvalue weighted by Gasteiger charge is -2.37. The molecule has 8 nitrogen and oxygen atoms in total. The topological polar surface area (TPSA) is 90.4 Å². The number of fused-ring (bicyclic) bond motifs is 1. The first-order chi connectivity index (χ1) is 17.8. The van der Waals surface area contributed by atoms with E-state index in [-0.39, 0.29) is 37.4 Å². The van der Waals surface area contributed by atoms with Gasteiger partial charge in [0.1, 0.15) is 11.6 Å². The van der Waals surface area contributed by atoms with Gasteiger partial charge in [-0.1, -0.05) is 37.3 Å². The molecule has 1 spiro atoms. The molecule has 4 rings (SSSR count). The molecule has 0 saturated carbocycles. The molecule has 37 heavy (non-hydrogen) atoms. The van der Waals surface area contributed by atoms with Gasteiger partial charge in [0, 0.05) is 31.9 Å². The quantitative estimate of drug-likeness (QED) is 0.463. The zero-order chi connectivity index (χ0) is 26.9. The van der Waals surface area contributed by atoms with Crippen molar-refractivity contribution >= 4 is 23.4 Å². The average molecular weight is 510 g/mol. The Bertz CT molecular complexity index is 1070. The van der Waals surface area contributed by atoms with Crippen LogP contribution in [0.1, 0.15) is 37.3 Å². The van der Waals surface area contributed by atoms with Gasteiger partial charge in [-0.2, -0.15) is 0 Å². The highest BCUT2D eigenvalue weighted by Gasteiger charge is 2.74. The van der Waals surface area contributed by atoms with Crippen LogP contribution in [0.25, 0.3) is 0 Å². The fourth-order valence-electron chi connectivity index (χ4n) is 6.79. The predicted octanol–water partition coefficient (Wildman–Crippen LogP) is 2.61. The maximum absolute atomic E-state index is 14.4. The number of amides is 3. The highest BCUT2D eigenvalue weighted by Crippen LogP contribution is 2.59. The summed E-state index contributed by atoms with van der Waals surface area (Å²) in [5.74, 6) is -2.09. The van der Waals surface area contributed by atoms with Crippen LogP contribution in [0.4, 0.5) is 5.69 Å². The van der Waals surface area contributed by atoms with Gasteiger partial charge in [-0.05, 0) is 44.2 Å². The number of aryl methyl sites for hydroxylation is 2. The monoisotopic (exact) mass is 509 g/mol. The Labute approximate surface area is 219 Å². The molecule has 5 atom stereocenters. The molecule has 3 heterocycles. The number of nitrogens with zero attached hydrogens (tertiary/aromatic N) is 3. The smallest absolute Gasteiger partial charge is 0.253 e. The first-order valence-corrected chi connectivity index (χ1v) is 13.2. The third-order valence-electron chi connectivity index (χ3n) is 8.10. The fraction of sp³-hybridized carbons (Fsp3) is 0.552. The molecule has 2 unspecified atom stereocenters.